The Kier molecular flexibility index (Phi) is 7.12. The van der Waals surface area contributed by atoms with Crippen LogP contribution in [-0.2, 0) is 17.0 Å². The number of amides is 1. The van der Waals surface area contributed by atoms with Gasteiger partial charge in [-0.1, -0.05) is 41.6 Å². The molecule has 0 unspecified atom stereocenters. The van der Waals surface area contributed by atoms with Gasteiger partial charge in [-0.05, 0) is 35.9 Å². The molecule has 2 heterocycles. The molecule has 4 rings (SSSR count). The summed E-state index contributed by atoms with van der Waals surface area (Å²) in [6.45, 7) is 2.63. The molecule has 32 heavy (non-hydrogen) atoms. The highest BCUT2D eigenvalue weighted by Gasteiger charge is 2.22. The average Bonchev–Trinajstić information content (AvgIpc) is 2.78. The van der Waals surface area contributed by atoms with Crippen LogP contribution in [0.5, 0.6) is 0 Å². The van der Waals surface area contributed by atoms with Gasteiger partial charge in [0.15, 0.2) is 5.16 Å². The van der Waals surface area contributed by atoms with E-state index in [1.807, 2.05) is 24.3 Å². The topological polar surface area (TPSA) is 69.3 Å². The summed E-state index contributed by atoms with van der Waals surface area (Å²) in [6.07, 6.45) is 0.0746. The number of aromatic nitrogens is 2. The molecule has 1 aliphatic heterocycles. The first-order valence-electron chi connectivity index (χ1n) is 10.2. The van der Waals surface area contributed by atoms with E-state index >= 15 is 0 Å². The molecule has 0 aliphatic carbocycles. The van der Waals surface area contributed by atoms with Crippen LogP contribution in [0.25, 0.3) is 0 Å². The van der Waals surface area contributed by atoms with E-state index in [4.69, 9.17) is 11.6 Å². The maximum absolute atomic E-state index is 13.0. The Morgan fingerprint density at radius 2 is 1.84 bits per heavy atom. The minimum absolute atomic E-state index is 0.0525. The van der Waals surface area contributed by atoms with Crippen LogP contribution in [0.15, 0.2) is 64.5 Å². The standard InChI is InChI=1S/C23H22ClFN4O2S/c24-17-2-1-3-20(12-17)28-8-10-29(11-9-28)22(31)14-19-13-21(30)27-23(26-19)32-15-16-4-6-18(25)7-5-16/h1-7,12-13H,8-11,14-15H2,(H,26,27,30). The van der Waals surface area contributed by atoms with Gasteiger partial charge in [0.1, 0.15) is 5.82 Å². The monoisotopic (exact) mass is 472 g/mol. The Morgan fingerprint density at radius 1 is 1.09 bits per heavy atom. The van der Waals surface area contributed by atoms with Gasteiger partial charge in [0.2, 0.25) is 5.91 Å². The molecule has 1 fully saturated rings. The quantitative estimate of drug-likeness (QED) is 0.437. The number of aromatic amines is 1. The number of carbonyl (C=O) groups excluding carboxylic acids is 1. The van der Waals surface area contributed by atoms with Gasteiger partial charge in [0.05, 0.1) is 12.1 Å². The van der Waals surface area contributed by atoms with E-state index in [0.29, 0.717) is 47.8 Å². The third-order valence-electron chi connectivity index (χ3n) is 5.20. The number of halogens is 2. The summed E-state index contributed by atoms with van der Waals surface area (Å²) in [5.74, 6) is 0.189. The molecule has 166 valence electrons. The SMILES string of the molecule is O=C(Cc1cc(=O)[nH]c(SCc2ccc(F)cc2)n1)N1CCN(c2cccc(Cl)c2)CC1. The molecule has 0 spiro atoms. The molecule has 1 N–H and O–H groups in total. The third kappa shape index (κ3) is 5.89. The zero-order valence-corrected chi connectivity index (χ0v) is 18.8. The van der Waals surface area contributed by atoms with E-state index in [-0.39, 0.29) is 23.7 Å². The number of hydrogen-bond donors (Lipinski definition) is 1. The zero-order valence-electron chi connectivity index (χ0n) is 17.3. The van der Waals surface area contributed by atoms with E-state index in [2.05, 4.69) is 14.9 Å². The Hall–Kier alpha value is -2.84. The molecule has 1 aliphatic rings. The van der Waals surface area contributed by atoms with Gasteiger partial charge in [0.25, 0.3) is 5.56 Å². The van der Waals surface area contributed by atoms with Gasteiger partial charge in [-0.25, -0.2) is 9.37 Å². The first-order valence-corrected chi connectivity index (χ1v) is 11.6. The lowest BCUT2D eigenvalue weighted by atomic mass is 10.2. The number of nitrogens with one attached hydrogen (secondary N) is 1. The summed E-state index contributed by atoms with van der Waals surface area (Å²) in [5, 5.41) is 1.13. The number of piperazine rings is 1. The van der Waals surface area contributed by atoms with Crippen LogP contribution in [0.3, 0.4) is 0 Å². The molecule has 1 saturated heterocycles. The third-order valence-corrected chi connectivity index (χ3v) is 6.38. The number of benzene rings is 2. The van der Waals surface area contributed by atoms with Gasteiger partial charge in [0, 0.05) is 48.7 Å². The Labute approximate surface area is 194 Å². The number of rotatable bonds is 6. The van der Waals surface area contributed by atoms with Gasteiger partial charge >= 0.3 is 0 Å². The number of nitrogens with zero attached hydrogens (tertiary/aromatic N) is 3. The Bertz CT molecular complexity index is 1150. The predicted molar refractivity (Wildman–Crippen MR) is 125 cm³/mol. The molecule has 1 aromatic heterocycles. The zero-order chi connectivity index (χ0) is 22.5. The van der Waals surface area contributed by atoms with Crippen molar-refractivity contribution < 1.29 is 9.18 Å². The highest BCUT2D eigenvalue weighted by molar-refractivity contribution is 7.98. The lowest BCUT2D eigenvalue weighted by Crippen LogP contribution is -2.49. The van der Waals surface area contributed by atoms with E-state index in [0.717, 1.165) is 11.3 Å². The minimum Gasteiger partial charge on any atom is -0.368 e. The maximum atomic E-state index is 13.0. The summed E-state index contributed by atoms with van der Waals surface area (Å²) in [5.41, 5.74) is 2.11. The van der Waals surface area contributed by atoms with Gasteiger partial charge in [-0.3, -0.25) is 9.59 Å². The van der Waals surface area contributed by atoms with E-state index in [1.165, 1.54) is 30.0 Å². The van der Waals surface area contributed by atoms with Crippen LogP contribution in [-0.4, -0.2) is 47.0 Å². The van der Waals surface area contributed by atoms with E-state index in [9.17, 15) is 14.0 Å². The summed E-state index contributed by atoms with van der Waals surface area (Å²) < 4.78 is 13.0. The van der Waals surface area contributed by atoms with Crippen molar-refractivity contribution in [3.8, 4) is 0 Å². The maximum Gasteiger partial charge on any atom is 0.251 e. The fraction of sp³-hybridized carbons (Fsp3) is 0.261. The van der Waals surface area contributed by atoms with Gasteiger partial charge in [-0.15, -0.1) is 0 Å². The van der Waals surface area contributed by atoms with E-state index < -0.39 is 0 Å². The van der Waals surface area contributed by atoms with Crippen LogP contribution in [0.2, 0.25) is 5.02 Å². The largest absolute Gasteiger partial charge is 0.368 e. The number of anilines is 1. The van der Waals surface area contributed by atoms with Crippen molar-refractivity contribution >= 4 is 35.0 Å². The first kappa shape index (κ1) is 22.4. The molecule has 2 aromatic carbocycles. The van der Waals surface area contributed by atoms with Crippen molar-refractivity contribution in [2.24, 2.45) is 0 Å². The molecule has 9 heteroatoms. The molecule has 0 bridgehead atoms. The highest BCUT2D eigenvalue weighted by Crippen LogP contribution is 2.21. The Morgan fingerprint density at radius 3 is 2.56 bits per heavy atom. The summed E-state index contributed by atoms with van der Waals surface area (Å²) >= 11 is 7.42. The summed E-state index contributed by atoms with van der Waals surface area (Å²) in [6, 6.07) is 15.2. The Balaban J connectivity index is 1.34. The fourth-order valence-corrected chi connectivity index (χ4v) is 4.56. The first-order chi connectivity index (χ1) is 15.5. The van der Waals surface area contributed by atoms with E-state index in [1.54, 1.807) is 17.0 Å². The molecule has 1 amide bonds. The minimum atomic E-state index is -0.296. The van der Waals surface area contributed by atoms with Crippen molar-refractivity contribution in [2.45, 2.75) is 17.3 Å². The highest BCUT2D eigenvalue weighted by atomic mass is 35.5. The fourth-order valence-electron chi connectivity index (χ4n) is 3.53. The van der Waals surface area contributed by atoms with Crippen molar-refractivity contribution in [1.82, 2.24) is 14.9 Å². The molecule has 0 radical (unpaired) electrons. The van der Waals surface area contributed by atoms with Crippen molar-refractivity contribution in [3.05, 3.63) is 87.0 Å². The molecule has 0 saturated carbocycles. The molecule has 6 nitrogen and oxygen atoms in total. The molecule has 0 atom stereocenters. The van der Waals surface area contributed by atoms with Crippen molar-refractivity contribution in [1.29, 1.82) is 0 Å². The number of carbonyl (C=O) groups is 1. The lowest BCUT2D eigenvalue weighted by molar-refractivity contribution is -0.130. The number of H-pyrrole nitrogens is 1. The van der Waals surface area contributed by atoms with Crippen LogP contribution >= 0.6 is 23.4 Å². The van der Waals surface area contributed by atoms with Crippen molar-refractivity contribution in [3.63, 3.8) is 0 Å². The summed E-state index contributed by atoms with van der Waals surface area (Å²) in [4.78, 5) is 36.0. The second-order valence-corrected chi connectivity index (χ2v) is 8.88. The normalized spacial score (nSPS) is 13.9. The van der Waals surface area contributed by atoms with Crippen LogP contribution in [0, 0.1) is 5.82 Å². The second kappa shape index (κ2) is 10.2. The van der Waals surface area contributed by atoms with Crippen LogP contribution in [0.1, 0.15) is 11.3 Å². The summed E-state index contributed by atoms with van der Waals surface area (Å²) in [7, 11) is 0. The van der Waals surface area contributed by atoms with Crippen LogP contribution < -0.4 is 10.5 Å². The van der Waals surface area contributed by atoms with Gasteiger partial charge in [-0.2, -0.15) is 0 Å². The second-order valence-electron chi connectivity index (χ2n) is 7.48. The predicted octanol–water partition coefficient (Wildman–Crippen LogP) is 3.75. The van der Waals surface area contributed by atoms with Crippen LogP contribution in [0.4, 0.5) is 10.1 Å². The van der Waals surface area contributed by atoms with Crippen molar-refractivity contribution in [2.75, 3.05) is 31.1 Å². The molecular weight excluding hydrogens is 451 g/mol. The average molecular weight is 473 g/mol. The number of hydrogen-bond acceptors (Lipinski definition) is 5. The number of thioether (sulfide) groups is 1. The lowest BCUT2D eigenvalue weighted by Gasteiger charge is -2.36. The van der Waals surface area contributed by atoms with Gasteiger partial charge < -0.3 is 14.8 Å². The molecular formula is C23H22ClFN4O2S. The smallest absolute Gasteiger partial charge is 0.251 e. The molecule has 3 aromatic rings.